The first-order valence-corrected chi connectivity index (χ1v) is 6.77. The number of likely N-dealkylation sites (tertiary alicyclic amines) is 1. The van der Waals surface area contributed by atoms with E-state index in [2.05, 4.69) is 0 Å². The minimum Gasteiger partial charge on any atom is -0.334 e. The Hall–Kier alpha value is -1.13. The number of amides is 1. The van der Waals surface area contributed by atoms with Crippen molar-refractivity contribution < 1.29 is 9.18 Å². The van der Waals surface area contributed by atoms with Gasteiger partial charge in [-0.15, -0.1) is 0 Å². The molecule has 2 unspecified atom stereocenters. The van der Waals surface area contributed by atoms with Crippen molar-refractivity contribution in [2.45, 2.75) is 32.4 Å². The van der Waals surface area contributed by atoms with Gasteiger partial charge in [0.1, 0.15) is 5.82 Å². The van der Waals surface area contributed by atoms with Crippen LogP contribution in [-0.4, -0.2) is 23.4 Å². The molecular formula is C14H18ClFN2O. The van der Waals surface area contributed by atoms with Gasteiger partial charge < -0.3 is 10.6 Å². The van der Waals surface area contributed by atoms with Gasteiger partial charge in [0.05, 0.1) is 6.04 Å². The number of hydrogen-bond acceptors (Lipinski definition) is 2. The van der Waals surface area contributed by atoms with Crippen molar-refractivity contribution in [1.82, 2.24) is 4.90 Å². The van der Waals surface area contributed by atoms with Crippen LogP contribution < -0.4 is 5.73 Å². The summed E-state index contributed by atoms with van der Waals surface area (Å²) in [5, 5.41) is 0.325. The van der Waals surface area contributed by atoms with Crippen LogP contribution in [0.5, 0.6) is 0 Å². The molecule has 0 aliphatic carbocycles. The summed E-state index contributed by atoms with van der Waals surface area (Å²) in [6.07, 6.45) is 0.297. The van der Waals surface area contributed by atoms with E-state index in [0.29, 0.717) is 29.5 Å². The average molecular weight is 285 g/mol. The molecule has 1 amide bonds. The molecule has 2 atom stereocenters. The first kappa shape index (κ1) is 14.3. The lowest BCUT2D eigenvalue weighted by Gasteiger charge is -2.29. The van der Waals surface area contributed by atoms with Gasteiger partial charge in [-0.05, 0) is 29.7 Å². The van der Waals surface area contributed by atoms with E-state index >= 15 is 0 Å². The second-order valence-electron chi connectivity index (χ2n) is 5.46. The molecule has 1 aliphatic heterocycles. The number of carbonyl (C=O) groups is 1. The molecule has 0 saturated carbocycles. The normalized spacial score (nSPS) is 23.5. The fraction of sp³-hybridized carbons (Fsp3) is 0.500. The summed E-state index contributed by atoms with van der Waals surface area (Å²) in [4.78, 5) is 13.7. The average Bonchev–Trinajstić information content (AvgIpc) is 2.51. The molecule has 0 bridgehead atoms. The highest BCUT2D eigenvalue weighted by Crippen LogP contribution is 2.34. The molecule has 104 valence electrons. The number of carbonyl (C=O) groups excluding carboxylic acids is 1. The summed E-state index contributed by atoms with van der Waals surface area (Å²) in [7, 11) is 0. The Morgan fingerprint density at radius 1 is 1.47 bits per heavy atom. The van der Waals surface area contributed by atoms with Crippen molar-refractivity contribution >= 4 is 17.5 Å². The quantitative estimate of drug-likeness (QED) is 0.928. The molecule has 5 heteroatoms. The largest absolute Gasteiger partial charge is 0.334 e. The smallest absolute Gasteiger partial charge is 0.224 e. The van der Waals surface area contributed by atoms with E-state index in [-0.39, 0.29) is 18.0 Å². The highest BCUT2D eigenvalue weighted by molar-refractivity contribution is 6.30. The maximum atomic E-state index is 13.5. The van der Waals surface area contributed by atoms with Crippen molar-refractivity contribution in [2.24, 2.45) is 11.7 Å². The Bertz CT molecular complexity index is 472. The summed E-state index contributed by atoms with van der Waals surface area (Å²) >= 11 is 5.88. The maximum absolute atomic E-state index is 13.5. The molecule has 0 aromatic heterocycles. The van der Waals surface area contributed by atoms with E-state index in [0.717, 1.165) is 0 Å². The molecule has 1 heterocycles. The highest BCUT2D eigenvalue weighted by Gasteiger charge is 2.38. The Balaban J connectivity index is 2.36. The topological polar surface area (TPSA) is 46.3 Å². The second-order valence-corrected chi connectivity index (χ2v) is 5.89. The lowest BCUT2D eigenvalue weighted by atomic mass is 10.00. The molecule has 0 spiro atoms. The first-order valence-electron chi connectivity index (χ1n) is 6.39. The summed E-state index contributed by atoms with van der Waals surface area (Å²) in [6, 6.07) is 3.73. The fourth-order valence-electron chi connectivity index (χ4n) is 2.60. The van der Waals surface area contributed by atoms with Gasteiger partial charge in [0.2, 0.25) is 5.91 Å². The lowest BCUT2D eigenvalue weighted by Crippen LogP contribution is -2.35. The zero-order chi connectivity index (χ0) is 14.2. The van der Waals surface area contributed by atoms with Crippen molar-refractivity contribution in [2.75, 3.05) is 6.54 Å². The van der Waals surface area contributed by atoms with E-state index in [1.54, 1.807) is 11.0 Å². The molecule has 2 rings (SSSR count). The maximum Gasteiger partial charge on any atom is 0.224 e. The zero-order valence-corrected chi connectivity index (χ0v) is 11.8. The minimum atomic E-state index is -0.404. The van der Waals surface area contributed by atoms with Gasteiger partial charge in [0.15, 0.2) is 0 Å². The molecule has 19 heavy (non-hydrogen) atoms. The SMILES string of the molecule is CC(C)CN1C(=O)CC(N)C1c1cc(F)cc(Cl)c1. The van der Waals surface area contributed by atoms with Crippen LogP contribution in [0.3, 0.4) is 0 Å². The van der Waals surface area contributed by atoms with Crippen LogP contribution in [0.15, 0.2) is 18.2 Å². The Kier molecular flexibility index (Phi) is 4.11. The van der Waals surface area contributed by atoms with Crippen molar-refractivity contribution in [1.29, 1.82) is 0 Å². The Labute approximate surface area is 117 Å². The van der Waals surface area contributed by atoms with E-state index in [4.69, 9.17) is 17.3 Å². The van der Waals surface area contributed by atoms with E-state index in [1.165, 1.54) is 12.1 Å². The third kappa shape index (κ3) is 3.07. The minimum absolute atomic E-state index is 0.0200. The molecule has 3 nitrogen and oxygen atoms in total. The number of rotatable bonds is 3. The van der Waals surface area contributed by atoms with E-state index in [1.807, 2.05) is 13.8 Å². The molecule has 1 saturated heterocycles. The number of nitrogens with zero attached hydrogens (tertiary/aromatic N) is 1. The molecule has 1 fully saturated rings. The van der Waals surface area contributed by atoms with Gasteiger partial charge in [0, 0.05) is 24.0 Å². The van der Waals surface area contributed by atoms with Gasteiger partial charge in [0.25, 0.3) is 0 Å². The van der Waals surface area contributed by atoms with E-state index < -0.39 is 5.82 Å². The highest BCUT2D eigenvalue weighted by atomic mass is 35.5. The Morgan fingerprint density at radius 3 is 2.74 bits per heavy atom. The molecular weight excluding hydrogens is 267 g/mol. The number of benzene rings is 1. The third-order valence-electron chi connectivity index (χ3n) is 3.26. The van der Waals surface area contributed by atoms with Crippen molar-refractivity contribution in [3.8, 4) is 0 Å². The molecule has 1 aromatic rings. The Morgan fingerprint density at radius 2 is 2.16 bits per heavy atom. The zero-order valence-electron chi connectivity index (χ0n) is 11.1. The molecule has 0 radical (unpaired) electrons. The molecule has 2 N–H and O–H groups in total. The van der Waals surface area contributed by atoms with Gasteiger partial charge in [-0.25, -0.2) is 4.39 Å². The van der Waals surface area contributed by atoms with Crippen LogP contribution in [0.2, 0.25) is 5.02 Å². The number of halogens is 2. The van der Waals surface area contributed by atoms with Crippen LogP contribution >= 0.6 is 11.6 Å². The van der Waals surface area contributed by atoms with Crippen LogP contribution in [0.25, 0.3) is 0 Å². The summed E-state index contributed by atoms with van der Waals surface area (Å²) in [5.74, 6) is -0.0501. The molecule has 1 aliphatic rings. The van der Waals surface area contributed by atoms with Gasteiger partial charge in [-0.2, -0.15) is 0 Å². The standard InChI is InChI=1S/C14H18ClFN2O/c1-8(2)7-18-13(19)6-12(17)14(18)9-3-10(15)5-11(16)4-9/h3-5,8,12,14H,6-7,17H2,1-2H3. The van der Waals surface area contributed by atoms with Crippen LogP contribution in [0, 0.1) is 11.7 Å². The first-order chi connectivity index (χ1) is 8.88. The lowest BCUT2D eigenvalue weighted by molar-refractivity contribution is -0.129. The van der Waals surface area contributed by atoms with Gasteiger partial charge in [-0.3, -0.25) is 4.79 Å². The van der Waals surface area contributed by atoms with Crippen molar-refractivity contribution in [3.05, 3.63) is 34.6 Å². The van der Waals surface area contributed by atoms with Crippen LogP contribution in [-0.2, 0) is 4.79 Å². The van der Waals surface area contributed by atoms with Crippen LogP contribution in [0.1, 0.15) is 31.9 Å². The predicted molar refractivity (Wildman–Crippen MR) is 73.3 cm³/mol. The van der Waals surface area contributed by atoms with E-state index in [9.17, 15) is 9.18 Å². The summed E-state index contributed by atoms with van der Waals surface area (Å²) in [6.45, 7) is 4.69. The number of nitrogens with two attached hydrogens (primary N) is 1. The number of hydrogen-bond donors (Lipinski definition) is 1. The monoisotopic (exact) mass is 284 g/mol. The van der Waals surface area contributed by atoms with Crippen LogP contribution in [0.4, 0.5) is 4.39 Å². The van der Waals surface area contributed by atoms with Gasteiger partial charge >= 0.3 is 0 Å². The van der Waals surface area contributed by atoms with Gasteiger partial charge in [-0.1, -0.05) is 25.4 Å². The molecule has 1 aromatic carbocycles. The summed E-state index contributed by atoms with van der Waals surface area (Å²) in [5.41, 5.74) is 6.71. The predicted octanol–water partition coefficient (Wildman–Crippen LogP) is 2.74. The summed E-state index contributed by atoms with van der Waals surface area (Å²) < 4.78 is 13.5. The third-order valence-corrected chi connectivity index (χ3v) is 3.48. The fourth-order valence-corrected chi connectivity index (χ4v) is 2.83. The second kappa shape index (κ2) is 5.47. The van der Waals surface area contributed by atoms with Crippen molar-refractivity contribution in [3.63, 3.8) is 0 Å².